The lowest BCUT2D eigenvalue weighted by Crippen LogP contribution is -2.47. The highest BCUT2D eigenvalue weighted by molar-refractivity contribution is 5.88. The molecule has 0 aliphatic carbocycles. The van der Waals surface area contributed by atoms with Crippen molar-refractivity contribution in [2.45, 2.75) is 84.6 Å². The molecule has 0 saturated heterocycles. The van der Waals surface area contributed by atoms with E-state index in [1.54, 1.807) is 6.92 Å². The van der Waals surface area contributed by atoms with E-state index in [4.69, 9.17) is 5.53 Å². The molecular weight excluding hydrogens is 470 g/mol. The van der Waals surface area contributed by atoms with Gasteiger partial charge in [0.05, 0.1) is 6.42 Å². The fourth-order valence-electron chi connectivity index (χ4n) is 3.81. The maximum absolute atomic E-state index is 12.8. The van der Waals surface area contributed by atoms with Crippen molar-refractivity contribution in [1.29, 1.82) is 0 Å². The number of amides is 2. The minimum Gasteiger partial charge on any atom is -0.354 e. The van der Waals surface area contributed by atoms with Crippen molar-refractivity contribution < 1.29 is 9.59 Å². The van der Waals surface area contributed by atoms with Crippen LogP contribution in [0.5, 0.6) is 0 Å². The van der Waals surface area contributed by atoms with Crippen LogP contribution in [-0.2, 0) is 16.0 Å². The van der Waals surface area contributed by atoms with Crippen LogP contribution in [-0.4, -0.2) is 51.3 Å². The Hall–Kier alpha value is -3.59. The third-order valence-electron chi connectivity index (χ3n) is 5.88. The van der Waals surface area contributed by atoms with Crippen molar-refractivity contribution in [3.05, 3.63) is 46.1 Å². The SMILES string of the molecule is Cc1nnc(-c2ccc(CC(=O)N[C@@H](CCCCN=[N+]=[N-])C(=O)NCCCCCCC(C)C)cc2)nn1. The second-order valence-electron chi connectivity index (χ2n) is 9.60. The fourth-order valence-corrected chi connectivity index (χ4v) is 3.81. The number of carbonyl (C=O) groups is 2. The number of rotatable bonds is 17. The highest BCUT2D eigenvalue weighted by Gasteiger charge is 2.20. The number of carbonyl (C=O) groups excluding carboxylic acids is 2. The summed E-state index contributed by atoms with van der Waals surface area (Å²) in [5.74, 6) is 1.23. The van der Waals surface area contributed by atoms with Gasteiger partial charge in [0.15, 0.2) is 5.82 Å². The minimum atomic E-state index is -0.628. The first kappa shape index (κ1) is 29.6. The quantitative estimate of drug-likeness (QED) is 0.138. The topological polar surface area (TPSA) is 159 Å². The lowest BCUT2D eigenvalue weighted by molar-refractivity contribution is -0.128. The summed E-state index contributed by atoms with van der Waals surface area (Å²) in [6.07, 6.45) is 7.55. The molecule has 1 heterocycles. The van der Waals surface area contributed by atoms with Gasteiger partial charge in [-0.1, -0.05) is 75.3 Å². The normalized spacial score (nSPS) is 11.6. The maximum atomic E-state index is 12.8. The zero-order valence-electron chi connectivity index (χ0n) is 22.2. The Morgan fingerprint density at radius 1 is 0.946 bits per heavy atom. The van der Waals surface area contributed by atoms with E-state index < -0.39 is 6.04 Å². The van der Waals surface area contributed by atoms with E-state index >= 15 is 0 Å². The summed E-state index contributed by atoms with van der Waals surface area (Å²) in [6, 6.07) is 6.66. The van der Waals surface area contributed by atoms with Crippen molar-refractivity contribution in [3.63, 3.8) is 0 Å². The van der Waals surface area contributed by atoms with Gasteiger partial charge < -0.3 is 10.6 Å². The molecule has 2 N–H and O–H groups in total. The van der Waals surface area contributed by atoms with E-state index in [0.717, 1.165) is 36.3 Å². The van der Waals surface area contributed by atoms with E-state index in [1.165, 1.54) is 12.8 Å². The van der Waals surface area contributed by atoms with Crippen molar-refractivity contribution in [1.82, 2.24) is 31.0 Å². The second kappa shape index (κ2) is 17.0. The molecule has 0 aliphatic rings. The molecule has 1 aromatic carbocycles. The average molecular weight is 510 g/mol. The van der Waals surface area contributed by atoms with Crippen LogP contribution in [0, 0.1) is 12.8 Å². The van der Waals surface area contributed by atoms with Gasteiger partial charge in [-0.05, 0) is 43.2 Å². The Labute approximate surface area is 218 Å². The molecule has 0 fully saturated rings. The molecule has 0 unspecified atom stereocenters. The molecule has 0 bridgehead atoms. The number of nitrogens with zero attached hydrogens (tertiary/aromatic N) is 7. The number of benzene rings is 1. The zero-order chi connectivity index (χ0) is 26.9. The lowest BCUT2D eigenvalue weighted by atomic mass is 10.0. The fraction of sp³-hybridized carbons (Fsp3) is 0.615. The van der Waals surface area contributed by atoms with Crippen LogP contribution in [0.4, 0.5) is 0 Å². The Morgan fingerprint density at radius 3 is 2.30 bits per heavy atom. The summed E-state index contributed by atoms with van der Waals surface area (Å²) in [6.45, 7) is 7.14. The molecule has 0 saturated carbocycles. The number of aryl methyl sites for hydroxylation is 1. The second-order valence-corrected chi connectivity index (χ2v) is 9.60. The molecule has 2 amide bonds. The first-order valence-electron chi connectivity index (χ1n) is 13.1. The van der Waals surface area contributed by atoms with Crippen molar-refractivity contribution in [2.75, 3.05) is 13.1 Å². The third kappa shape index (κ3) is 12.3. The van der Waals surface area contributed by atoms with E-state index in [2.05, 4.69) is 54.9 Å². The molecule has 11 nitrogen and oxygen atoms in total. The van der Waals surface area contributed by atoms with E-state index in [1.807, 2.05) is 24.3 Å². The van der Waals surface area contributed by atoms with Crippen LogP contribution in [0.3, 0.4) is 0 Å². The predicted molar refractivity (Wildman–Crippen MR) is 142 cm³/mol. The molecule has 2 rings (SSSR count). The molecule has 200 valence electrons. The number of azide groups is 1. The van der Waals surface area contributed by atoms with Crippen molar-refractivity contribution >= 4 is 11.8 Å². The number of hydrogen-bond donors (Lipinski definition) is 2. The smallest absolute Gasteiger partial charge is 0.242 e. The van der Waals surface area contributed by atoms with Gasteiger partial charge in [0, 0.05) is 23.6 Å². The van der Waals surface area contributed by atoms with Crippen LogP contribution < -0.4 is 10.6 Å². The van der Waals surface area contributed by atoms with Gasteiger partial charge in [0.2, 0.25) is 17.6 Å². The summed E-state index contributed by atoms with van der Waals surface area (Å²) < 4.78 is 0. The maximum Gasteiger partial charge on any atom is 0.242 e. The molecule has 2 aromatic rings. The van der Waals surface area contributed by atoms with Crippen LogP contribution in [0.1, 0.15) is 76.6 Å². The van der Waals surface area contributed by atoms with Crippen LogP contribution >= 0.6 is 0 Å². The molecule has 0 radical (unpaired) electrons. The Bertz CT molecular complexity index is 1000. The summed E-state index contributed by atoms with van der Waals surface area (Å²) >= 11 is 0. The van der Waals surface area contributed by atoms with Gasteiger partial charge in [-0.25, -0.2) is 0 Å². The van der Waals surface area contributed by atoms with Gasteiger partial charge in [0.25, 0.3) is 0 Å². The summed E-state index contributed by atoms with van der Waals surface area (Å²) in [7, 11) is 0. The molecule has 37 heavy (non-hydrogen) atoms. The Balaban J connectivity index is 1.86. The molecule has 11 heteroatoms. The number of hydrogen-bond acceptors (Lipinski definition) is 7. The molecule has 1 aromatic heterocycles. The van der Waals surface area contributed by atoms with Gasteiger partial charge in [0.1, 0.15) is 6.04 Å². The monoisotopic (exact) mass is 509 g/mol. The third-order valence-corrected chi connectivity index (χ3v) is 5.88. The minimum absolute atomic E-state index is 0.143. The highest BCUT2D eigenvalue weighted by atomic mass is 16.2. The number of aromatic nitrogens is 4. The summed E-state index contributed by atoms with van der Waals surface area (Å²) in [5.41, 5.74) is 10.00. The lowest BCUT2D eigenvalue weighted by Gasteiger charge is -2.18. The van der Waals surface area contributed by atoms with Crippen LogP contribution in [0.15, 0.2) is 29.4 Å². The van der Waals surface area contributed by atoms with E-state index in [-0.39, 0.29) is 18.2 Å². The largest absolute Gasteiger partial charge is 0.354 e. The predicted octanol–water partition coefficient (Wildman–Crippen LogP) is 4.47. The van der Waals surface area contributed by atoms with Crippen LogP contribution in [0.25, 0.3) is 21.8 Å². The standard InChI is InChI=1S/C26H39N9O2/c1-19(2)10-6-4-5-8-16-28-26(37)23(11-7-9-17-29-35-27)30-24(36)18-21-12-14-22(15-13-21)25-33-31-20(3)32-34-25/h12-15,19,23H,4-11,16-18H2,1-3H3,(H,28,37)(H,30,36)/t23-/m0/s1. The number of unbranched alkanes of at least 4 members (excludes halogenated alkanes) is 4. The molecular formula is C26H39N9O2. The van der Waals surface area contributed by atoms with Gasteiger partial charge in [-0.15, -0.1) is 20.4 Å². The molecule has 0 aliphatic heterocycles. The highest BCUT2D eigenvalue weighted by Crippen LogP contribution is 2.15. The molecule has 0 spiro atoms. The van der Waals surface area contributed by atoms with Gasteiger partial charge >= 0.3 is 0 Å². The Morgan fingerprint density at radius 2 is 1.62 bits per heavy atom. The zero-order valence-corrected chi connectivity index (χ0v) is 22.2. The van der Waals surface area contributed by atoms with Crippen molar-refractivity contribution in [2.24, 2.45) is 11.0 Å². The Kier molecular flexibility index (Phi) is 13.6. The van der Waals surface area contributed by atoms with Crippen molar-refractivity contribution in [3.8, 4) is 11.4 Å². The van der Waals surface area contributed by atoms with Gasteiger partial charge in [-0.2, -0.15) is 0 Å². The van der Waals surface area contributed by atoms with Gasteiger partial charge in [-0.3, -0.25) is 9.59 Å². The first-order chi connectivity index (χ1) is 17.9. The summed E-state index contributed by atoms with van der Waals surface area (Å²) in [5, 5.41) is 25.3. The van der Waals surface area contributed by atoms with Crippen LogP contribution in [0.2, 0.25) is 0 Å². The van der Waals surface area contributed by atoms with E-state index in [0.29, 0.717) is 44.0 Å². The summed E-state index contributed by atoms with van der Waals surface area (Å²) in [4.78, 5) is 28.3. The number of nitrogens with one attached hydrogen (secondary N) is 2. The average Bonchev–Trinajstić information content (AvgIpc) is 2.88. The first-order valence-corrected chi connectivity index (χ1v) is 13.1. The molecule has 1 atom stereocenters. The van der Waals surface area contributed by atoms with E-state index in [9.17, 15) is 9.59 Å².